The van der Waals surface area contributed by atoms with Crippen molar-refractivity contribution in [2.24, 2.45) is 0 Å². The molecule has 1 saturated heterocycles. The number of ketones is 1. The van der Waals surface area contributed by atoms with Crippen LogP contribution >= 0.6 is 0 Å². The Morgan fingerprint density at radius 3 is 2.12 bits per heavy atom. The Morgan fingerprint density at radius 1 is 0.900 bits per heavy atom. The number of carbonyl (C=O) groups excluding carboxylic acids is 2. The monoisotopic (exact) mass is 542 g/mol. The van der Waals surface area contributed by atoms with Gasteiger partial charge in [0, 0.05) is 31.0 Å². The van der Waals surface area contributed by atoms with E-state index in [-0.39, 0.29) is 17.8 Å². The largest absolute Gasteiger partial charge is 0.507 e. The van der Waals surface area contributed by atoms with Gasteiger partial charge in [0.05, 0.1) is 24.6 Å². The highest BCUT2D eigenvalue weighted by molar-refractivity contribution is 6.51. The molecule has 4 rings (SSSR count). The summed E-state index contributed by atoms with van der Waals surface area (Å²) in [6, 6.07) is 19.8. The van der Waals surface area contributed by atoms with Gasteiger partial charge in [0.2, 0.25) is 0 Å². The van der Waals surface area contributed by atoms with Crippen molar-refractivity contribution in [2.75, 3.05) is 30.5 Å². The van der Waals surface area contributed by atoms with Gasteiger partial charge < -0.3 is 19.8 Å². The van der Waals surface area contributed by atoms with Gasteiger partial charge in [0.15, 0.2) is 0 Å². The lowest BCUT2D eigenvalue weighted by atomic mass is 9.94. The molecule has 3 aromatic rings. The molecular formula is C32H34N2O6. The molecule has 0 aliphatic carbocycles. The van der Waals surface area contributed by atoms with E-state index < -0.39 is 23.7 Å². The predicted molar refractivity (Wildman–Crippen MR) is 155 cm³/mol. The maximum Gasteiger partial charge on any atom is 0.307 e. The number of carboxylic acids is 1. The van der Waals surface area contributed by atoms with E-state index in [4.69, 9.17) is 9.84 Å². The Kier molecular flexibility index (Phi) is 8.89. The van der Waals surface area contributed by atoms with Gasteiger partial charge in [0.1, 0.15) is 11.5 Å². The van der Waals surface area contributed by atoms with Crippen LogP contribution in [0.25, 0.3) is 5.76 Å². The predicted octanol–water partition coefficient (Wildman–Crippen LogP) is 5.58. The van der Waals surface area contributed by atoms with Crippen LogP contribution in [-0.2, 0) is 20.8 Å². The number of hydrogen-bond donors (Lipinski definition) is 2. The van der Waals surface area contributed by atoms with Gasteiger partial charge in [-0.3, -0.25) is 19.3 Å². The second-order valence-corrected chi connectivity index (χ2v) is 9.97. The number of benzene rings is 3. The van der Waals surface area contributed by atoms with Gasteiger partial charge in [-0.1, -0.05) is 44.0 Å². The summed E-state index contributed by atoms with van der Waals surface area (Å²) >= 11 is 0. The number of aliphatic hydroxyl groups excluding tert-OH is 1. The van der Waals surface area contributed by atoms with E-state index in [1.54, 1.807) is 48.5 Å². The van der Waals surface area contributed by atoms with Crippen LogP contribution in [0.4, 0.5) is 11.4 Å². The Hall–Kier alpha value is -4.59. The molecule has 0 radical (unpaired) electrons. The fourth-order valence-electron chi connectivity index (χ4n) is 4.72. The number of anilines is 2. The highest BCUT2D eigenvalue weighted by Gasteiger charge is 2.47. The van der Waals surface area contributed by atoms with E-state index in [0.717, 1.165) is 24.9 Å². The molecule has 1 atom stereocenters. The van der Waals surface area contributed by atoms with E-state index >= 15 is 0 Å². The van der Waals surface area contributed by atoms with Gasteiger partial charge in [0.25, 0.3) is 11.7 Å². The molecule has 1 heterocycles. The van der Waals surface area contributed by atoms with Crippen molar-refractivity contribution in [3.63, 3.8) is 0 Å². The van der Waals surface area contributed by atoms with E-state index in [1.807, 2.05) is 43.3 Å². The molecule has 0 spiro atoms. The first-order valence-corrected chi connectivity index (χ1v) is 13.3. The zero-order valence-corrected chi connectivity index (χ0v) is 23.0. The molecule has 8 nitrogen and oxygen atoms in total. The number of carbonyl (C=O) groups is 3. The zero-order valence-electron chi connectivity index (χ0n) is 23.0. The molecule has 0 aromatic heterocycles. The lowest BCUT2D eigenvalue weighted by molar-refractivity contribution is -0.136. The number of carboxylic acid groups (broad SMARTS) is 1. The number of aliphatic hydroxyl groups is 1. The SMILES string of the molecule is CCCCCOc1ccc(/C(O)=C2/C(=O)C(=O)N(c3ccc(CC(=O)O)cc3)C2c2ccc(N(C)C)cc2)cc1. The van der Waals surface area contributed by atoms with Crippen LogP contribution in [0.15, 0.2) is 78.4 Å². The molecule has 3 aromatic carbocycles. The molecule has 0 bridgehead atoms. The van der Waals surface area contributed by atoms with Crippen LogP contribution in [0, 0.1) is 0 Å². The summed E-state index contributed by atoms with van der Waals surface area (Å²) in [6.45, 7) is 2.72. The quantitative estimate of drug-likeness (QED) is 0.141. The number of ether oxygens (including phenoxy) is 1. The Balaban J connectivity index is 1.75. The molecule has 1 aliphatic rings. The molecular weight excluding hydrogens is 508 g/mol. The Bertz CT molecular complexity index is 1390. The third-order valence-corrected chi connectivity index (χ3v) is 6.88. The van der Waals surface area contributed by atoms with Crippen molar-refractivity contribution in [1.82, 2.24) is 0 Å². The maximum absolute atomic E-state index is 13.4. The average molecular weight is 543 g/mol. The van der Waals surface area contributed by atoms with Crippen LogP contribution in [0.2, 0.25) is 0 Å². The number of rotatable bonds is 11. The topological polar surface area (TPSA) is 107 Å². The third-order valence-electron chi connectivity index (χ3n) is 6.88. The minimum absolute atomic E-state index is 0.0196. The van der Waals surface area contributed by atoms with E-state index in [2.05, 4.69) is 6.92 Å². The smallest absolute Gasteiger partial charge is 0.307 e. The summed E-state index contributed by atoms with van der Waals surface area (Å²) in [5, 5.41) is 20.5. The average Bonchev–Trinajstić information content (AvgIpc) is 3.21. The molecule has 1 fully saturated rings. The second-order valence-electron chi connectivity index (χ2n) is 9.97. The van der Waals surface area contributed by atoms with E-state index in [9.17, 15) is 19.5 Å². The maximum atomic E-state index is 13.4. The van der Waals surface area contributed by atoms with Gasteiger partial charge in [-0.05, 0) is 66.1 Å². The fraction of sp³-hybridized carbons (Fsp3) is 0.281. The molecule has 1 aliphatic heterocycles. The molecule has 40 heavy (non-hydrogen) atoms. The van der Waals surface area contributed by atoms with Gasteiger partial charge >= 0.3 is 5.97 Å². The minimum atomic E-state index is -0.966. The number of aliphatic carboxylic acids is 1. The fourth-order valence-corrected chi connectivity index (χ4v) is 4.72. The van der Waals surface area contributed by atoms with Gasteiger partial charge in [-0.25, -0.2) is 0 Å². The summed E-state index contributed by atoms with van der Waals surface area (Å²) in [4.78, 5) is 41.2. The Morgan fingerprint density at radius 2 is 1.55 bits per heavy atom. The van der Waals surface area contributed by atoms with E-state index in [1.165, 1.54) is 4.90 Å². The van der Waals surface area contributed by atoms with Crippen LogP contribution in [0.1, 0.15) is 48.9 Å². The van der Waals surface area contributed by atoms with Crippen LogP contribution < -0.4 is 14.5 Å². The highest BCUT2D eigenvalue weighted by atomic mass is 16.5. The highest BCUT2D eigenvalue weighted by Crippen LogP contribution is 2.42. The molecule has 2 N–H and O–H groups in total. The van der Waals surface area contributed by atoms with Gasteiger partial charge in [-0.15, -0.1) is 0 Å². The summed E-state index contributed by atoms with van der Waals surface area (Å²) in [5.41, 5.74) is 2.95. The number of unbranched alkanes of at least 4 members (excludes halogenated alkanes) is 2. The summed E-state index contributed by atoms with van der Waals surface area (Å²) in [6.07, 6.45) is 2.97. The summed E-state index contributed by atoms with van der Waals surface area (Å²) in [5.74, 6) is -2.15. The van der Waals surface area contributed by atoms with Crippen molar-refractivity contribution >= 4 is 34.8 Å². The first kappa shape index (κ1) is 28.4. The van der Waals surface area contributed by atoms with Crippen LogP contribution in [-0.4, -0.2) is 48.6 Å². The standard InChI is InChI=1S/C32H34N2O6/c1-4-5-6-19-40-26-17-11-23(12-18-26)30(37)28-29(22-9-15-24(16-10-22)33(2)3)34(32(39)31(28)38)25-13-7-21(8-14-25)20-27(35)36/h7-18,29,37H,4-6,19-20H2,1-3H3,(H,35,36)/b30-28-. The molecule has 8 heteroatoms. The molecule has 208 valence electrons. The van der Waals surface area contributed by atoms with Crippen LogP contribution in [0.3, 0.4) is 0 Å². The lowest BCUT2D eigenvalue weighted by Gasteiger charge is -2.26. The molecule has 0 saturated carbocycles. The molecule has 1 amide bonds. The first-order valence-electron chi connectivity index (χ1n) is 13.3. The van der Waals surface area contributed by atoms with E-state index in [0.29, 0.717) is 34.7 Å². The number of Topliss-reactive ketones (excluding diaryl/α,β-unsaturated/α-hetero) is 1. The third kappa shape index (κ3) is 6.17. The van der Waals surface area contributed by atoms with Crippen LogP contribution in [0.5, 0.6) is 5.75 Å². The van der Waals surface area contributed by atoms with Crippen molar-refractivity contribution in [2.45, 2.75) is 38.6 Å². The van der Waals surface area contributed by atoms with Gasteiger partial charge in [-0.2, -0.15) is 0 Å². The lowest BCUT2D eigenvalue weighted by Crippen LogP contribution is -2.29. The van der Waals surface area contributed by atoms with Crippen molar-refractivity contribution < 1.29 is 29.3 Å². The number of hydrogen-bond acceptors (Lipinski definition) is 6. The molecule has 1 unspecified atom stereocenters. The normalized spacial score (nSPS) is 16.3. The number of amides is 1. The summed E-state index contributed by atoms with van der Waals surface area (Å²) < 4.78 is 5.77. The Labute approximate surface area is 234 Å². The minimum Gasteiger partial charge on any atom is -0.507 e. The summed E-state index contributed by atoms with van der Waals surface area (Å²) in [7, 11) is 3.83. The first-order chi connectivity index (χ1) is 19.2. The van der Waals surface area contributed by atoms with Crippen molar-refractivity contribution in [1.29, 1.82) is 0 Å². The van der Waals surface area contributed by atoms with Crippen molar-refractivity contribution in [3.8, 4) is 5.75 Å². The number of nitrogens with zero attached hydrogens (tertiary/aromatic N) is 2. The zero-order chi connectivity index (χ0) is 28.8. The van der Waals surface area contributed by atoms with Crippen molar-refractivity contribution in [3.05, 3.63) is 95.1 Å². The second kappa shape index (κ2) is 12.5.